The molecule has 0 saturated carbocycles. The normalized spacial score (nSPS) is 12.0. The summed E-state index contributed by atoms with van der Waals surface area (Å²) in [4.78, 5) is 41.0. The van der Waals surface area contributed by atoms with E-state index in [1.54, 1.807) is 25.1 Å². The first-order valence-electron chi connectivity index (χ1n) is 10.6. The number of ether oxygens (including phenoxy) is 2. The van der Waals surface area contributed by atoms with Gasteiger partial charge in [0.15, 0.2) is 14.6 Å². The van der Waals surface area contributed by atoms with Gasteiger partial charge in [-0.25, -0.2) is 13.2 Å². The first-order chi connectivity index (χ1) is 16.6. The maximum absolute atomic E-state index is 12.5. The first-order valence-corrected chi connectivity index (χ1v) is 13.4. The SMILES string of the molecule is CCOC(=O)c1ccc2c(c1)sc(=NC(=O)CCCS(=O)(=O)c1ccc(Cl)cc1)n2CC(=O)OC. The van der Waals surface area contributed by atoms with Gasteiger partial charge in [0.2, 0.25) is 5.91 Å². The van der Waals surface area contributed by atoms with Crippen molar-refractivity contribution in [3.63, 3.8) is 0 Å². The molecule has 0 aliphatic rings. The van der Waals surface area contributed by atoms with Crippen molar-refractivity contribution in [2.75, 3.05) is 19.5 Å². The van der Waals surface area contributed by atoms with Crippen molar-refractivity contribution in [2.24, 2.45) is 4.99 Å². The van der Waals surface area contributed by atoms with E-state index in [1.165, 1.54) is 35.9 Å². The average molecular weight is 539 g/mol. The quantitative estimate of drug-likeness (QED) is 0.383. The van der Waals surface area contributed by atoms with E-state index in [2.05, 4.69) is 4.99 Å². The number of amides is 1. The number of carbonyl (C=O) groups is 3. The number of halogens is 1. The highest BCUT2D eigenvalue weighted by molar-refractivity contribution is 7.91. The number of thiazole rings is 1. The maximum Gasteiger partial charge on any atom is 0.338 e. The molecule has 3 rings (SSSR count). The van der Waals surface area contributed by atoms with Gasteiger partial charge in [-0.2, -0.15) is 4.99 Å². The van der Waals surface area contributed by atoms with E-state index in [1.807, 2.05) is 0 Å². The minimum absolute atomic E-state index is 0.0716. The van der Waals surface area contributed by atoms with Crippen molar-refractivity contribution in [1.82, 2.24) is 4.57 Å². The minimum Gasteiger partial charge on any atom is -0.468 e. The maximum atomic E-state index is 12.5. The topological polar surface area (TPSA) is 121 Å². The van der Waals surface area contributed by atoms with Crippen molar-refractivity contribution in [3.05, 3.63) is 57.9 Å². The lowest BCUT2D eigenvalue weighted by Crippen LogP contribution is -2.22. The van der Waals surface area contributed by atoms with E-state index in [-0.39, 0.29) is 41.4 Å². The number of hydrogen-bond donors (Lipinski definition) is 0. The second-order valence-corrected chi connectivity index (χ2v) is 10.9. The fourth-order valence-corrected chi connectivity index (χ4v) is 5.70. The number of sulfone groups is 1. The van der Waals surface area contributed by atoms with E-state index in [0.717, 1.165) is 11.3 Å². The molecule has 9 nitrogen and oxygen atoms in total. The highest BCUT2D eigenvalue weighted by Gasteiger charge is 2.17. The summed E-state index contributed by atoms with van der Waals surface area (Å²) in [7, 11) is -2.32. The summed E-state index contributed by atoms with van der Waals surface area (Å²) in [5.41, 5.74) is 0.918. The second kappa shape index (κ2) is 11.6. The van der Waals surface area contributed by atoms with Crippen LogP contribution in [0.2, 0.25) is 5.02 Å². The third kappa shape index (κ3) is 6.77. The molecule has 12 heteroatoms. The smallest absolute Gasteiger partial charge is 0.338 e. The van der Waals surface area contributed by atoms with Crippen LogP contribution in [0.4, 0.5) is 0 Å². The predicted octanol–water partition coefficient (Wildman–Crippen LogP) is 3.39. The summed E-state index contributed by atoms with van der Waals surface area (Å²) in [5, 5.41) is 0.427. The van der Waals surface area contributed by atoms with Gasteiger partial charge in [0.25, 0.3) is 0 Å². The van der Waals surface area contributed by atoms with E-state index in [9.17, 15) is 22.8 Å². The molecule has 0 atom stereocenters. The molecule has 0 fully saturated rings. The third-order valence-electron chi connectivity index (χ3n) is 4.91. The number of hydrogen-bond acceptors (Lipinski definition) is 8. The van der Waals surface area contributed by atoms with Gasteiger partial charge in [0, 0.05) is 11.4 Å². The highest BCUT2D eigenvalue weighted by atomic mass is 35.5. The zero-order valence-corrected chi connectivity index (χ0v) is 21.4. The summed E-state index contributed by atoms with van der Waals surface area (Å²) in [6.45, 7) is 1.74. The number of methoxy groups -OCH3 is 1. The molecule has 0 N–H and O–H groups in total. The molecule has 0 unspecified atom stereocenters. The Labute approximate surface area is 210 Å². The molecule has 0 saturated heterocycles. The van der Waals surface area contributed by atoms with Gasteiger partial charge in [0.1, 0.15) is 6.54 Å². The average Bonchev–Trinajstić information content (AvgIpc) is 3.15. The first kappa shape index (κ1) is 26.6. The zero-order chi connectivity index (χ0) is 25.6. The Balaban J connectivity index is 1.83. The predicted molar refractivity (Wildman–Crippen MR) is 131 cm³/mol. The lowest BCUT2D eigenvalue weighted by Gasteiger charge is -2.05. The molecule has 1 heterocycles. The summed E-state index contributed by atoms with van der Waals surface area (Å²) in [5.74, 6) is -1.79. The summed E-state index contributed by atoms with van der Waals surface area (Å²) < 4.78 is 36.8. The molecule has 0 spiro atoms. The second-order valence-electron chi connectivity index (χ2n) is 7.33. The van der Waals surface area contributed by atoms with Crippen molar-refractivity contribution < 1.29 is 32.3 Å². The Morgan fingerprint density at radius 3 is 2.49 bits per heavy atom. The van der Waals surface area contributed by atoms with Gasteiger partial charge in [0.05, 0.1) is 40.1 Å². The van der Waals surface area contributed by atoms with Crippen molar-refractivity contribution in [2.45, 2.75) is 31.2 Å². The molecule has 2 aromatic carbocycles. The largest absolute Gasteiger partial charge is 0.468 e. The zero-order valence-electron chi connectivity index (χ0n) is 19.0. The molecular formula is C23H23ClN2O7S2. The number of carbonyl (C=O) groups excluding carboxylic acids is 3. The standard InChI is InChI=1S/C23H23ClN2O7S2/c1-3-33-22(29)15-6-11-18-19(13-15)34-23(26(18)14-21(28)32-2)25-20(27)5-4-12-35(30,31)17-9-7-16(24)8-10-17/h6-11,13H,3-5,12,14H2,1-2H3. The molecule has 186 valence electrons. The van der Waals surface area contributed by atoms with Gasteiger partial charge in [-0.1, -0.05) is 22.9 Å². The number of benzene rings is 2. The van der Waals surface area contributed by atoms with E-state index < -0.39 is 27.7 Å². The number of rotatable bonds is 9. The Morgan fingerprint density at radius 2 is 1.83 bits per heavy atom. The van der Waals surface area contributed by atoms with Gasteiger partial charge < -0.3 is 14.0 Å². The van der Waals surface area contributed by atoms with Gasteiger partial charge in [-0.3, -0.25) is 9.59 Å². The van der Waals surface area contributed by atoms with Crippen LogP contribution >= 0.6 is 22.9 Å². The fourth-order valence-electron chi connectivity index (χ4n) is 3.18. The number of esters is 2. The third-order valence-corrected chi connectivity index (χ3v) is 8.02. The minimum atomic E-state index is -3.57. The molecule has 0 radical (unpaired) electrons. The highest BCUT2D eigenvalue weighted by Crippen LogP contribution is 2.21. The Kier molecular flexibility index (Phi) is 8.82. The Morgan fingerprint density at radius 1 is 1.11 bits per heavy atom. The Bertz CT molecular complexity index is 1420. The summed E-state index contributed by atoms with van der Waals surface area (Å²) >= 11 is 6.92. The summed E-state index contributed by atoms with van der Waals surface area (Å²) in [6, 6.07) is 10.6. The van der Waals surface area contributed by atoms with Gasteiger partial charge >= 0.3 is 11.9 Å². The molecule has 0 aliphatic heterocycles. The van der Waals surface area contributed by atoms with Crippen LogP contribution in [0.1, 0.15) is 30.1 Å². The van der Waals surface area contributed by atoms with E-state index >= 15 is 0 Å². The van der Waals surface area contributed by atoms with E-state index in [4.69, 9.17) is 21.1 Å². The van der Waals surface area contributed by atoms with Crippen LogP contribution in [0.15, 0.2) is 52.4 Å². The fraction of sp³-hybridized carbons (Fsp3) is 0.304. The molecule has 1 aromatic heterocycles. The number of aromatic nitrogens is 1. The van der Waals surface area contributed by atoms with E-state index in [0.29, 0.717) is 20.8 Å². The van der Waals surface area contributed by atoms with Crippen LogP contribution in [-0.4, -0.2) is 50.3 Å². The molecule has 0 bridgehead atoms. The van der Waals surface area contributed by atoms with Crippen molar-refractivity contribution >= 4 is 60.8 Å². The monoisotopic (exact) mass is 538 g/mol. The lowest BCUT2D eigenvalue weighted by molar-refractivity contribution is -0.141. The van der Waals surface area contributed by atoms with Crippen LogP contribution in [0, 0.1) is 0 Å². The van der Waals surface area contributed by atoms with Crippen LogP contribution in [-0.2, 0) is 35.4 Å². The van der Waals surface area contributed by atoms with Crippen molar-refractivity contribution in [1.29, 1.82) is 0 Å². The van der Waals surface area contributed by atoms with Gasteiger partial charge in [-0.15, -0.1) is 0 Å². The van der Waals surface area contributed by atoms with Crippen LogP contribution in [0.25, 0.3) is 10.2 Å². The van der Waals surface area contributed by atoms with Crippen LogP contribution in [0.3, 0.4) is 0 Å². The van der Waals surface area contributed by atoms with Crippen molar-refractivity contribution in [3.8, 4) is 0 Å². The molecule has 0 aliphatic carbocycles. The summed E-state index contributed by atoms with van der Waals surface area (Å²) in [6.07, 6.45) is -0.0322. The number of fused-ring (bicyclic) bond motifs is 1. The van der Waals surface area contributed by atoms with Crippen LogP contribution < -0.4 is 4.80 Å². The Hall–Kier alpha value is -3.02. The van der Waals surface area contributed by atoms with Gasteiger partial charge in [-0.05, 0) is 55.8 Å². The molecule has 1 amide bonds. The molecule has 35 heavy (non-hydrogen) atoms. The van der Waals surface area contributed by atoms with Crippen LogP contribution in [0.5, 0.6) is 0 Å². The molecule has 3 aromatic rings. The lowest BCUT2D eigenvalue weighted by atomic mass is 10.2. The molecular weight excluding hydrogens is 516 g/mol. The number of nitrogens with zero attached hydrogens (tertiary/aromatic N) is 2.